The smallest absolute Gasteiger partial charge is 0.333 e. The molecule has 0 aliphatic carbocycles. The van der Waals surface area contributed by atoms with Gasteiger partial charge in [-0.3, -0.25) is 0 Å². The molecule has 0 saturated carbocycles. The summed E-state index contributed by atoms with van der Waals surface area (Å²) >= 11 is 0. The number of unbranched alkanes of at least 4 members (excludes halogenated alkanes) is 1. The minimum atomic E-state index is -0.234. The lowest BCUT2D eigenvalue weighted by atomic mass is 10.1. The number of hydrogen-bond donors (Lipinski definition) is 0. The Hall–Kier alpha value is -0.790. The zero-order chi connectivity index (χ0) is 10.3. The summed E-state index contributed by atoms with van der Waals surface area (Å²) in [5.41, 5.74) is 0.589. The summed E-state index contributed by atoms with van der Waals surface area (Å²) in [6, 6.07) is 0. The molecule has 0 rings (SSSR count). The number of esters is 1. The first-order valence-corrected chi connectivity index (χ1v) is 4.92. The van der Waals surface area contributed by atoms with Crippen LogP contribution in [0.4, 0.5) is 0 Å². The fourth-order valence-corrected chi connectivity index (χ4v) is 0.987. The van der Waals surface area contributed by atoms with Crippen LogP contribution in [0, 0.1) is 5.92 Å². The third kappa shape index (κ3) is 6.38. The van der Waals surface area contributed by atoms with Gasteiger partial charge < -0.3 is 4.74 Å². The second-order valence-electron chi connectivity index (χ2n) is 3.69. The van der Waals surface area contributed by atoms with Gasteiger partial charge in [0.2, 0.25) is 0 Å². The Kier molecular flexibility index (Phi) is 6.29. The van der Waals surface area contributed by atoms with Crippen LogP contribution in [0.3, 0.4) is 0 Å². The molecule has 0 bridgehead atoms. The third-order valence-corrected chi connectivity index (χ3v) is 1.67. The SMILES string of the molecule is C=C(CC(C)C)C(=O)OCCCC. The Morgan fingerprint density at radius 2 is 2.08 bits per heavy atom. The molecule has 0 aliphatic rings. The van der Waals surface area contributed by atoms with Crippen LogP contribution in [0.5, 0.6) is 0 Å². The van der Waals surface area contributed by atoms with E-state index in [1.807, 2.05) is 0 Å². The molecule has 76 valence electrons. The molecule has 0 unspecified atom stereocenters. The van der Waals surface area contributed by atoms with E-state index in [-0.39, 0.29) is 5.97 Å². The molecule has 13 heavy (non-hydrogen) atoms. The Labute approximate surface area is 81.0 Å². The summed E-state index contributed by atoms with van der Waals surface area (Å²) in [5, 5.41) is 0. The van der Waals surface area contributed by atoms with Gasteiger partial charge in [0.05, 0.1) is 6.61 Å². The zero-order valence-electron chi connectivity index (χ0n) is 8.93. The van der Waals surface area contributed by atoms with Gasteiger partial charge in [-0.2, -0.15) is 0 Å². The van der Waals surface area contributed by atoms with E-state index in [0.29, 0.717) is 18.1 Å². The molecule has 0 fully saturated rings. The van der Waals surface area contributed by atoms with Crippen LogP contribution in [-0.2, 0) is 9.53 Å². The molecule has 0 aliphatic heterocycles. The van der Waals surface area contributed by atoms with Crippen LogP contribution < -0.4 is 0 Å². The molecule has 0 amide bonds. The molecule has 2 heteroatoms. The second kappa shape index (κ2) is 6.70. The molecule has 0 heterocycles. The molecule has 0 aromatic rings. The summed E-state index contributed by atoms with van der Waals surface area (Å²) in [7, 11) is 0. The van der Waals surface area contributed by atoms with E-state index in [9.17, 15) is 4.79 Å². The van der Waals surface area contributed by atoms with Crippen molar-refractivity contribution in [3.05, 3.63) is 12.2 Å². The molecule has 0 spiro atoms. The first kappa shape index (κ1) is 12.2. The summed E-state index contributed by atoms with van der Waals surface area (Å²) in [4.78, 5) is 11.2. The largest absolute Gasteiger partial charge is 0.462 e. The molecule has 0 saturated heterocycles. The van der Waals surface area contributed by atoms with Gasteiger partial charge in [-0.05, 0) is 18.8 Å². The van der Waals surface area contributed by atoms with E-state index in [1.165, 1.54) is 0 Å². The highest BCUT2D eigenvalue weighted by atomic mass is 16.5. The van der Waals surface area contributed by atoms with Crippen LogP contribution in [0.15, 0.2) is 12.2 Å². The summed E-state index contributed by atoms with van der Waals surface area (Å²) in [6.07, 6.45) is 2.70. The van der Waals surface area contributed by atoms with Crippen molar-refractivity contribution in [3.63, 3.8) is 0 Å². The normalized spacial score (nSPS) is 10.2. The first-order chi connectivity index (χ1) is 6.07. The standard InChI is InChI=1S/C11H20O2/c1-5-6-7-13-11(12)10(4)8-9(2)3/h9H,4-8H2,1-3H3. The predicted octanol–water partition coefficient (Wildman–Crippen LogP) is 2.93. The Morgan fingerprint density at radius 3 is 2.54 bits per heavy atom. The lowest BCUT2D eigenvalue weighted by Crippen LogP contribution is -2.09. The summed E-state index contributed by atoms with van der Waals surface area (Å²) in [5.74, 6) is 0.230. The molecule has 0 aromatic heterocycles. The maximum absolute atomic E-state index is 11.2. The van der Waals surface area contributed by atoms with Crippen molar-refractivity contribution in [2.45, 2.75) is 40.0 Å². The van der Waals surface area contributed by atoms with E-state index in [4.69, 9.17) is 4.74 Å². The molecule has 2 nitrogen and oxygen atoms in total. The molecule has 0 N–H and O–H groups in total. The van der Waals surface area contributed by atoms with Crippen molar-refractivity contribution in [1.29, 1.82) is 0 Å². The number of hydrogen-bond acceptors (Lipinski definition) is 2. The van der Waals surface area contributed by atoms with Crippen molar-refractivity contribution in [1.82, 2.24) is 0 Å². The Morgan fingerprint density at radius 1 is 1.46 bits per heavy atom. The van der Waals surface area contributed by atoms with Gasteiger partial charge in [0.25, 0.3) is 0 Å². The van der Waals surface area contributed by atoms with Crippen LogP contribution in [0.1, 0.15) is 40.0 Å². The van der Waals surface area contributed by atoms with Gasteiger partial charge in [0.1, 0.15) is 0 Å². The van der Waals surface area contributed by atoms with Crippen molar-refractivity contribution < 1.29 is 9.53 Å². The highest BCUT2D eigenvalue weighted by molar-refractivity contribution is 5.87. The van der Waals surface area contributed by atoms with Crippen molar-refractivity contribution >= 4 is 5.97 Å². The fourth-order valence-electron chi connectivity index (χ4n) is 0.987. The zero-order valence-corrected chi connectivity index (χ0v) is 8.93. The van der Waals surface area contributed by atoms with Crippen LogP contribution >= 0.6 is 0 Å². The molecule has 0 radical (unpaired) electrons. The van der Waals surface area contributed by atoms with E-state index in [0.717, 1.165) is 19.3 Å². The predicted molar refractivity (Wildman–Crippen MR) is 54.5 cm³/mol. The van der Waals surface area contributed by atoms with Gasteiger partial charge in [-0.25, -0.2) is 4.79 Å². The highest BCUT2D eigenvalue weighted by Gasteiger charge is 2.09. The van der Waals surface area contributed by atoms with Crippen LogP contribution in [0.2, 0.25) is 0 Å². The highest BCUT2D eigenvalue weighted by Crippen LogP contribution is 2.10. The first-order valence-electron chi connectivity index (χ1n) is 4.92. The van der Waals surface area contributed by atoms with Crippen molar-refractivity contribution in [3.8, 4) is 0 Å². The average Bonchev–Trinajstić information content (AvgIpc) is 2.03. The van der Waals surface area contributed by atoms with Crippen LogP contribution in [0.25, 0.3) is 0 Å². The number of carbonyl (C=O) groups is 1. The van der Waals surface area contributed by atoms with E-state index < -0.39 is 0 Å². The maximum atomic E-state index is 11.2. The molecule has 0 atom stereocenters. The maximum Gasteiger partial charge on any atom is 0.333 e. The Balaban J connectivity index is 3.64. The van der Waals surface area contributed by atoms with Gasteiger partial charge in [-0.15, -0.1) is 0 Å². The number of rotatable bonds is 6. The minimum Gasteiger partial charge on any atom is -0.462 e. The average molecular weight is 184 g/mol. The van der Waals surface area contributed by atoms with Crippen LogP contribution in [-0.4, -0.2) is 12.6 Å². The molecular weight excluding hydrogens is 164 g/mol. The summed E-state index contributed by atoms with van der Waals surface area (Å²) in [6.45, 7) is 10.4. The van der Waals surface area contributed by atoms with E-state index >= 15 is 0 Å². The fraction of sp³-hybridized carbons (Fsp3) is 0.727. The van der Waals surface area contributed by atoms with E-state index in [1.54, 1.807) is 0 Å². The Bertz CT molecular complexity index is 171. The van der Waals surface area contributed by atoms with Gasteiger partial charge in [0.15, 0.2) is 0 Å². The lowest BCUT2D eigenvalue weighted by Gasteiger charge is -2.08. The monoisotopic (exact) mass is 184 g/mol. The number of carbonyl (C=O) groups excluding carboxylic acids is 1. The molecule has 0 aromatic carbocycles. The second-order valence-corrected chi connectivity index (χ2v) is 3.69. The van der Waals surface area contributed by atoms with Crippen molar-refractivity contribution in [2.75, 3.05) is 6.61 Å². The molecular formula is C11H20O2. The minimum absolute atomic E-state index is 0.234. The van der Waals surface area contributed by atoms with E-state index in [2.05, 4.69) is 27.4 Å². The topological polar surface area (TPSA) is 26.3 Å². The number of ether oxygens (including phenoxy) is 1. The quantitative estimate of drug-likeness (QED) is 0.360. The van der Waals surface area contributed by atoms with Gasteiger partial charge in [0, 0.05) is 5.57 Å². The third-order valence-electron chi connectivity index (χ3n) is 1.67. The summed E-state index contributed by atoms with van der Waals surface area (Å²) < 4.78 is 5.01. The van der Waals surface area contributed by atoms with Crippen molar-refractivity contribution in [2.24, 2.45) is 5.92 Å². The lowest BCUT2D eigenvalue weighted by molar-refractivity contribution is -0.139. The van der Waals surface area contributed by atoms with Gasteiger partial charge >= 0.3 is 5.97 Å². The van der Waals surface area contributed by atoms with Gasteiger partial charge in [-0.1, -0.05) is 33.8 Å².